The zero-order chi connectivity index (χ0) is 9.52. The van der Waals surface area contributed by atoms with Crippen LogP contribution in [0.15, 0.2) is 12.3 Å². The van der Waals surface area contributed by atoms with Gasteiger partial charge in [0.2, 0.25) is 5.95 Å². The molecule has 1 heterocycles. The van der Waals surface area contributed by atoms with Crippen LogP contribution in [0.3, 0.4) is 0 Å². The Kier molecular flexibility index (Phi) is 3.58. The van der Waals surface area contributed by atoms with Crippen LogP contribution in [0.25, 0.3) is 0 Å². The highest BCUT2D eigenvalue weighted by Crippen LogP contribution is 2.01. The van der Waals surface area contributed by atoms with E-state index in [1.165, 1.54) is 0 Å². The maximum absolute atomic E-state index is 5.40. The number of nitrogen functional groups attached to an aromatic ring is 1. The Labute approximate surface area is 77.6 Å². The topological polar surface area (TPSA) is 63.8 Å². The van der Waals surface area contributed by atoms with Crippen molar-refractivity contribution in [2.24, 2.45) is 0 Å². The van der Waals surface area contributed by atoms with E-state index in [1.807, 2.05) is 6.92 Å². The van der Waals surface area contributed by atoms with E-state index in [0.29, 0.717) is 0 Å². The number of nitrogens with one attached hydrogen (secondary N) is 1. The molecule has 0 saturated heterocycles. The number of nitrogens with zero attached hydrogens (tertiary/aromatic N) is 2. The highest BCUT2D eigenvalue weighted by atomic mass is 15.1. The predicted molar refractivity (Wildman–Crippen MR) is 53.0 cm³/mol. The average molecular weight is 176 g/mol. The zero-order valence-corrected chi connectivity index (χ0v) is 7.54. The molecule has 0 saturated carbocycles. The highest BCUT2D eigenvalue weighted by molar-refractivity contribution is 5.37. The first kappa shape index (κ1) is 9.33. The summed E-state index contributed by atoms with van der Waals surface area (Å²) in [6.45, 7) is 2.60. The quantitative estimate of drug-likeness (QED) is 0.530. The molecular formula is C9H12N4. The Bertz CT molecular complexity index is 324. The predicted octanol–water partition coefficient (Wildman–Crippen LogP) is 0.884. The van der Waals surface area contributed by atoms with Crippen LogP contribution < -0.4 is 11.1 Å². The molecule has 0 amide bonds. The van der Waals surface area contributed by atoms with Crippen LogP contribution in [0.1, 0.15) is 13.3 Å². The molecule has 0 bridgehead atoms. The molecule has 68 valence electrons. The summed E-state index contributed by atoms with van der Waals surface area (Å²) in [5.41, 5.74) is 5.40. The minimum atomic E-state index is 0.284. The van der Waals surface area contributed by atoms with Crippen molar-refractivity contribution in [3.05, 3.63) is 12.3 Å². The van der Waals surface area contributed by atoms with Crippen molar-refractivity contribution in [3.63, 3.8) is 0 Å². The summed E-state index contributed by atoms with van der Waals surface area (Å²) in [5.74, 6) is 6.79. The standard InChI is InChI=1S/C9H12N4/c1-2-3-4-6-11-8-5-7-12-9(10)13-8/h5,7H,4,6H2,1H3,(H3,10,11,12,13). The molecule has 0 unspecified atom stereocenters. The van der Waals surface area contributed by atoms with Crippen LogP contribution >= 0.6 is 0 Å². The van der Waals surface area contributed by atoms with E-state index in [2.05, 4.69) is 27.1 Å². The van der Waals surface area contributed by atoms with Crippen LogP contribution in [0.4, 0.5) is 11.8 Å². The third-order valence-corrected chi connectivity index (χ3v) is 1.41. The smallest absolute Gasteiger partial charge is 0.221 e. The summed E-state index contributed by atoms with van der Waals surface area (Å²) < 4.78 is 0. The lowest BCUT2D eigenvalue weighted by atomic mass is 10.4. The van der Waals surface area contributed by atoms with E-state index in [1.54, 1.807) is 12.3 Å². The van der Waals surface area contributed by atoms with Crippen LogP contribution in [-0.4, -0.2) is 16.5 Å². The lowest BCUT2D eigenvalue weighted by Gasteiger charge is -2.01. The zero-order valence-electron chi connectivity index (χ0n) is 7.54. The van der Waals surface area contributed by atoms with Gasteiger partial charge in [0.25, 0.3) is 0 Å². The van der Waals surface area contributed by atoms with Gasteiger partial charge in [0.1, 0.15) is 5.82 Å². The maximum atomic E-state index is 5.40. The molecule has 0 fully saturated rings. The van der Waals surface area contributed by atoms with Crippen molar-refractivity contribution in [3.8, 4) is 11.8 Å². The molecule has 0 atom stereocenters. The second-order valence-electron chi connectivity index (χ2n) is 2.40. The van der Waals surface area contributed by atoms with Gasteiger partial charge in [0, 0.05) is 19.2 Å². The van der Waals surface area contributed by atoms with Crippen molar-refractivity contribution in [1.29, 1.82) is 0 Å². The summed E-state index contributed by atoms with van der Waals surface area (Å²) in [6, 6.07) is 1.77. The third kappa shape index (κ3) is 3.43. The number of nitrogens with two attached hydrogens (primary N) is 1. The summed E-state index contributed by atoms with van der Waals surface area (Å²) in [4.78, 5) is 7.76. The van der Waals surface area contributed by atoms with Gasteiger partial charge in [-0.1, -0.05) is 0 Å². The molecule has 0 aliphatic heterocycles. The van der Waals surface area contributed by atoms with E-state index in [0.717, 1.165) is 18.8 Å². The largest absolute Gasteiger partial charge is 0.369 e. The third-order valence-electron chi connectivity index (χ3n) is 1.41. The Morgan fingerprint density at radius 2 is 2.46 bits per heavy atom. The van der Waals surface area contributed by atoms with Gasteiger partial charge in [-0.05, 0) is 13.0 Å². The highest BCUT2D eigenvalue weighted by Gasteiger charge is 1.92. The van der Waals surface area contributed by atoms with Gasteiger partial charge < -0.3 is 11.1 Å². The molecule has 0 aliphatic carbocycles. The number of anilines is 2. The molecule has 1 aromatic heterocycles. The van der Waals surface area contributed by atoms with Gasteiger partial charge in [-0.2, -0.15) is 4.98 Å². The molecule has 1 rings (SSSR count). The average Bonchev–Trinajstić information content (AvgIpc) is 2.13. The fourth-order valence-corrected chi connectivity index (χ4v) is 0.850. The molecule has 4 heteroatoms. The van der Waals surface area contributed by atoms with Crippen LogP contribution in [0.2, 0.25) is 0 Å². The SMILES string of the molecule is CC#CCCNc1ccnc(N)n1. The summed E-state index contributed by atoms with van der Waals surface area (Å²) in [5, 5.41) is 3.09. The number of hydrogen-bond acceptors (Lipinski definition) is 4. The fourth-order valence-electron chi connectivity index (χ4n) is 0.850. The Hall–Kier alpha value is -1.76. The van der Waals surface area contributed by atoms with Crippen molar-refractivity contribution in [2.75, 3.05) is 17.6 Å². The Morgan fingerprint density at radius 1 is 1.62 bits per heavy atom. The molecular weight excluding hydrogens is 164 g/mol. The first-order valence-corrected chi connectivity index (χ1v) is 4.05. The Morgan fingerprint density at radius 3 is 3.15 bits per heavy atom. The number of hydrogen-bond donors (Lipinski definition) is 2. The van der Waals surface area contributed by atoms with E-state index in [-0.39, 0.29) is 5.95 Å². The molecule has 0 radical (unpaired) electrons. The first-order chi connectivity index (χ1) is 6.33. The minimum Gasteiger partial charge on any atom is -0.369 e. The monoisotopic (exact) mass is 176 g/mol. The van der Waals surface area contributed by atoms with Gasteiger partial charge >= 0.3 is 0 Å². The second-order valence-corrected chi connectivity index (χ2v) is 2.40. The molecule has 0 spiro atoms. The van der Waals surface area contributed by atoms with E-state index in [9.17, 15) is 0 Å². The first-order valence-electron chi connectivity index (χ1n) is 4.05. The fraction of sp³-hybridized carbons (Fsp3) is 0.333. The normalized spacial score (nSPS) is 8.69. The Balaban J connectivity index is 2.39. The maximum Gasteiger partial charge on any atom is 0.221 e. The van der Waals surface area contributed by atoms with E-state index < -0.39 is 0 Å². The van der Waals surface area contributed by atoms with E-state index >= 15 is 0 Å². The molecule has 0 aliphatic rings. The lowest BCUT2D eigenvalue weighted by molar-refractivity contribution is 1.06. The van der Waals surface area contributed by atoms with Crippen LogP contribution in [0.5, 0.6) is 0 Å². The van der Waals surface area contributed by atoms with Crippen LogP contribution in [0, 0.1) is 11.8 Å². The van der Waals surface area contributed by atoms with Crippen molar-refractivity contribution >= 4 is 11.8 Å². The summed E-state index contributed by atoms with van der Waals surface area (Å²) in [6.07, 6.45) is 2.43. The van der Waals surface area contributed by atoms with Crippen molar-refractivity contribution in [2.45, 2.75) is 13.3 Å². The molecule has 0 aromatic carbocycles. The molecule has 3 N–H and O–H groups in total. The van der Waals surface area contributed by atoms with E-state index in [4.69, 9.17) is 5.73 Å². The van der Waals surface area contributed by atoms with Gasteiger partial charge in [0.05, 0.1) is 0 Å². The lowest BCUT2D eigenvalue weighted by Crippen LogP contribution is -2.04. The molecule has 13 heavy (non-hydrogen) atoms. The summed E-state index contributed by atoms with van der Waals surface area (Å²) in [7, 11) is 0. The molecule has 1 aromatic rings. The van der Waals surface area contributed by atoms with Crippen molar-refractivity contribution in [1.82, 2.24) is 9.97 Å². The van der Waals surface area contributed by atoms with Gasteiger partial charge in [-0.15, -0.1) is 11.8 Å². The minimum absolute atomic E-state index is 0.284. The summed E-state index contributed by atoms with van der Waals surface area (Å²) >= 11 is 0. The number of rotatable bonds is 3. The van der Waals surface area contributed by atoms with Crippen LogP contribution in [-0.2, 0) is 0 Å². The van der Waals surface area contributed by atoms with Crippen molar-refractivity contribution < 1.29 is 0 Å². The van der Waals surface area contributed by atoms with Gasteiger partial charge in [-0.3, -0.25) is 0 Å². The van der Waals surface area contributed by atoms with Gasteiger partial charge in [-0.25, -0.2) is 4.98 Å². The van der Waals surface area contributed by atoms with Gasteiger partial charge in [0.15, 0.2) is 0 Å². The molecule has 4 nitrogen and oxygen atoms in total. The second kappa shape index (κ2) is 4.99. The number of aromatic nitrogens is 2.